The predicted octanol–water partition coefficient (Wildman–Crippen LogP) is 4.68. The van der Waals surface area contributed by atoms with Crippen LogP contribution in [0.3, 0.4) is 0 Å². The van der Waals surface area contributed by atoms with E-state index < -0.39 is 0 Å². The van der Waals surface area contributed by atoms with Crippen LogP contribution in [0.4, 0.5) is 10.1 Å². The molecule has 1 aliphatic rings. The summed E-state index contributed by atoms with van der Waals surface area (Å²) in [5, 5.41) is -0.114. The lowest BCUT2D eigenvalue weighted by Crippen LogP contribution is -2.27. The van der Waals surface area contributed by atoms with Crippen LogP contribution >= 0.6 is 27.7 Å². The topological polar surface area (TPSA) is 20.3 Å². The summed E-state index contributed by atoms with van der Waals surface area (Å²) in [5.41, 5.74) is 2.22. The van der Waals surface area contributed by atoms with Crippen LogP contribution in [0.2, 0.25) is 0 Å². The molecule has 1 fully saturated rings. The Morgan fingerprint density at radius 2 is 2.10 bits per heavy atom. The molecular weight excluding hydrogens is 353 g/mol. The number of rotatable bonds is 2. The quantitative estimate of drug-likeness (QED) is 0.770. The highest BCUT2D eigenvalue weighted by Crippen LogP contribution is 2.42. The van der Waals surface area contributed by atoms with E-state index in [2.05, 4.69) is 15.9 Å². The lowest BCUT2D eigenvalue weighted by Gasteiger charge is -2.24. The molecule has 0 radical (unpaired) electrons. The summed E-state index contributed by atoms with van der Waals surface area (Å²) in [6.07, 6.45) is 0. The Morgan fingerprint density at radius 3 is 2.81 bits per heavy atom. The number of hydrogen-bond donors (Lipinski definition) is 0. The van der Waals surface area contributed by atoms with Crippen LogP contribution in [-0.2, 0) is 4.79 Å². The summed E-state index contributed by atoms with van der Waals surface area (Å²) in [4.78, 5) is 13.9. The molecule has 1 heterocycles. The van der Waals surface area contributed by atoms with E-state index in [1.54, 1.807) is 35.7 Å². The first-order valence-corrected chi connectivity index (χ1v) is 8.36. The Balaban J connectivity index is 2.01. The first kappa shape index (κ1) is 14.6. The van der Waals surface area contributed by atoms with Gasteiger partial charge in [-0.1, -0.05) is 34.1 Å². The summed E-state index contributed by atoms with van der Waals surface area (Å²) in [7, 11) is 0. The number of benzene rings is 2. The van der Waals surface area contributed by atoms with Gasteiger partial charge < -0.3 is 0 Å². The fourth-order valence-corrected chi connectivity index (χ4v) is 3.93. The number of nitrogens with zero attached hydrogens (tertiary/aromatic N) is 1. The fourth-order valence-electron chi connectivity index (χ4n) is 2.34. The summed E-state index contributed by atoms with van der Waals surface area (Å²) < 4.78 is 14.8. The zero-order valence-corrected chi connectivity index (χ0v) is 13.7. The minimum atomic E-state index is -0.287. The van der Waals surface area contributed by atoms with Gasteiger partial charge in [-0.3, -0.25) is 9.69 Å². The zero-order chi connectivity index (χ0) is 15.0. The van der Waals surface area contributed by atoms with Gasteiger partial charge >= 0.3 is 0 Å². The third-order valence-electron chi connectivity index (χ3n) is 3.44. The summed E-state index contributed by atoms with van der Waals surface area (Å²) in [6, 6.07) is 12.8. The van der Waals surface area contributed by atoms with Crippen molar-refractivity contribution in [1.29, 1.82) is 0 Å². The lowest BCUT2D eigenvalue weighted by molar-refractivity contribution is -0.115. The van der Waals surface area contributed by atoms with Crippen molar-refractivity contribution >= 4 is 39.3 Å². The first-order valence-electron chi connectivity index (χ1n) is 6.51. The Labute approximate surface area is 135 Å². The number of carbonyl (C=O) groups is 1. The summed E-state index contributed by atoms with van der Waals surface area (Å²) >= 11 is 5.01. The SMILES string of the molecule is Cc1ccc(N2C(=O)CSC2c2cccc(Br)c2)cc1F. The molecular formula is C16H13BrFNOS. The molecule has 2 aromatic rings. The second kappa shape index (κ2) is 5.81. The van der Waals surface area contributed by atoms with Crippen molar-refractivity contribution in [2.75, 3.05) is 10.7 Å². The van der Waals surface area contributed by atoms with Gasteiger partial charge in [0.2, 0.25) is 5.91 Å². The molecule has 0 saturated carbocycles. The molecule has 0 aromatic heterocycles. The van der Waals surface area contributed by atoms with Crippen molar-refractivity contribution in [1.82, 2.24) is 0 Å². The first-order chi connectivity index (χ1) is 10.1. The van der Waals surface area contributed by atoms with E-state index in [1.165, 1.54) is 6.07 Å². The minimum Gasteiger partial charge on any atom is -0.295 e. The van der Waals surface area contributed by atoms with Gasteiger partial charge in [-0.15, -0.1) is 11.8 Å². The predicted molar refractivity (Wildman–Crippen MR) is 88.0 cm³/mol. The van der Waals surface area contributed by atoms with Gasteiger partial charge in [0.15, 0.2) is 0 Å². The molecule has 1 saturated heterocycles. The molecule has 2 nitrogen and oxygen atoms in total. The minimum absolute atomic E-state index is 0.00762. The maximum Gasteiger partial charge on any atom is 0.238 e. The maximum atomic E-state index is 13.8. The van der Waals surface area contributed by atoms with Crippen LogP contribution < -0.4 is 4.90 Å². The highest BCUT2D eigenvalue weighted by molar-refractivity contribution is 9.10. The lowest BCUT2D eigenvalue weighted by atomic mass is 10.1. The van der Waals surface area contributed by atoms with E-state index in [-0.39, 0.29) is 17.1 Å². The molecule has 0 spiro atoms. The third kappa shape index (κ3) is 2.85. The Morgan fingerprint density at radius 1 is 1.29 bits per heavy atom. The number of carbonyl (C=O) groups excluding carboxylic acids is 1. The van der Waals surface area contributed by atoms with Crippen molar-refractivity contribution < 1.29 is 9.18 Å². The highest BCUT2D eigenvalue weighted by atomic mass is 79.9. The van der Waals surface area contributed by atoms with Gasteiger partial charge in [0.1, 0.15) is 11.2 Å². The second-order valence-corrected chi connectivity index (χ2v) is 6.90. The number of halogens is 2. The van der Waals surface area contributed by atoms with Gasteiger partial charge in [-0.25, -0.2) is 4.39 Å². The van der Waals surface area contributed by atoms with Crippen LogP contribution in [0.5, 0.6) is 0 Å². The average Bonchev–Trinajstić information content (AvgIpc) is 2.84. The van der Waals surface area contributed by atoms with E-state index >= 15 is 0 Å². The van der Waals surface area contributed by atoms with E-state index in [9.17, 15) is 9.18 Å². The van der Waals surface area contributed by atoms with Crippen molar-refractivity contribution in [2.45, 2.75) is 12.3 Å². The molecule has 1 aliphatic heterocycles. The Bertz CT molecular complexity index is 706. The molecule has 2 aromatic carbocycles. The summed E-state index contributed by atoms with van der Waals surface area (Å²) in [5.74, 6) is 0.130. The fraction of sp³-hybridized carbons (Fsp3) is 0.188. The molecule has 5 heteroatoms. The van der Waals surface area contributed by atoms with Crippen LogP contribution in [-0.4, -0.2) is 11.7 Å². The molecule has 0 aliphatic carbocycles. The smallest absolute Gasteiger partial charge is 0.238 e. The van der Waals surface area contributed by atoms with Crippen LogP contribution in [0, 0.1) is 12.7 Å². The largest absolute Gasteiger partial charge is 0.295 e. The van der Waals surface area contributed by atoms with Gasteiger partial charge in [0, 0.05) is 10.2 Å². The molecule has 1 unspecified atom stereocenters. The monoisotopic (exact) mass is 365 g/mol. The van der Waals surface area contributed by atoms with Crippen molar-refractivity contribution in [3.8, 4) is 0 Å². The van der Waals surface area contributed by atoms with Crippen molar-refractivity contribution in [3.05, 3.63) is 63.9 Å². The number of hydrogen-bond acceptors (Lipinski definition) is 2. The van der Waals surface area contributed by atoms with E-state index in [0.29, 0.717) is 17.0 Å². The average molecular weight is 366 g/mol. The molecule has 1 atom stereocenters. The highest BCUT2D eigenvalue weighted by Gasteiger charge is 2.34. The van der Waals surface area contributed by atoms with Gasteiger partial charge in [0.25, 0.3) is 0 Å². The van der Waals surface area contributed by atoms with Crippen LogP contribution in [0.15, 0.2) is 46.9 Å². The van der Waals surface area contributed by atoms with Gasteiger partial charge in [0.05, 0.1) is 5.75 Å². The number of amides is 1. The number of thioether (sulfide) groups is 1. The zero-order valence-electron chi connectivity index (χ0n) is 11.3. The molecule has 3 rings (SSSR count). The molecule has 1 amide bonds. The van der Waals surface area contributed by atoms with E-state index in [0.717, 1.165) is 10.0 Å². The molecule has 21 heavy (non-hydrogen) atoms. The van der Waals surface area contributed by atoms with Gasteiger partial charge in [-0.2, -0.15) is 0 Å². The normalized spacial score (nSPS) is 18.3. The standard InChI is InChI=1S/C16H13BrFNOS/c1-10-5-6-13(8-14(10)18)19-15(20)9-21-16(19)11-3-2-4-12(17)7-11/h2-8,16H,9H2,1H3. The van der Waals surface area contributed by atoms with Crippen LogP contribution in [0.25, 0.3) is 0 Å². The van der Waals surface area contributed by atoms with Crippen molar-refractivity contribution in [2.24, 2.45) is 0 Å². The molecule has 108 valence electrons. The Hall–Kier alpha value is -1.33. The third-order valence-corrected chi connectivity index (χ3v) is 5.14. The number of anilines is 1. The second-order valence-electron chi connectivity index (χ2n) is 4.92. The van der Waals surface area contributed by atoms with E-state index in [1.807, 2.05) is 24.3 Å². The van der Waals surface area contributed by atoms with E-state index in [4.69, 9.17) is 0 Å². The Kier molecular flexibility index (Phi) is 4.04. The molecule has 0 N–H and O–H groups in total. The number of aryl methyl sites for hydroxylation is 1. The van der Waals surface area contributed by atoms with Gasteiger partial charge in [-0.05, 0) is 42.3 Å². The molecule has 0 bridgehead atoms. The summed E-state index contributed by atoms with van der Waals surface area (Å²) in [6.45, 7) is 1.71. The van der Waals surface area contributed by atoms with Crippen molar-refractivity contribution in [3.63, 3.8) is 0 Å². The maximum absolute atomic E-state index is 13.8. The van der Waals surface area contributed by atoms with Crippen LogP contribution in [0.1, 0.15) is 16.5 Å².